The number of aryl methyl sites for hydroxylation is 1. The number of hydrogen-bond donors (Lipinski definition) is 1. The first kappa shape index (κ1) is 18.6. The number of amides is 1. The van der Waals surface area contributed by atoms with Crippen LogP contribution in [0.4, 0.5) is 0 Å². The lowest BCUT2D eigenvalue weighted by atomic mass is 10.0. The molecule has 1 amide bonds. The van der Waals surface area contributed by atoms with Crippen LogP contribution in [0.25, 0.3) is 0 Å². The van der Waals surface area contributed by atoms with Gasteiger partial charge in [-0.3, -0.25) is 14.6 Å². The summed E-state index contributed by atoms with van der Waals surface area (Å²) < 4.78 is 1.67. The molecule has 3 heterocycles. The molecule has 1 saturated heterocycles. The molecule has 0 aliphatic carbocycles. The van der Waals surface area contributed by atoms with Gasteiger partial charge in [-0.25, -0.2) is 0 Å². The highest BCUT2D eigenvalue weighted by atomic mass is 35.5. The molecule has 8 heteroatoms. The molecule has 2 aromatic rings. The summed E-state index contributed by atoms with van der Waals surface area (Å²) in [6, 6.07) is 3.89. The summed E-state index contributed by atoms with van der Waals surface area (Å²) in [5, 5.41) is 5.16. The van der Waals surface area contributed by atoms with Crippen LogP contribution in [0.5, 0.6) is 0 Å². The largest absolute Gasteiger partial charge is 0.333 e. The van der Waals surface area contributed by atoms with Crippen LogP contribution in [-0.2, 0) is 11.3 Å². The number of carbonyl (C=O) groups is 1. The summed E-state index contributed by atoms with van der Waals surface area (Å²) in [6.07, 6.45) is 3.89. The smallest absolute Gasteiger partial charge is 0.307 e. The molecule has 1 unspecified atom stereocenters. The number of rotatable bonds is 4. The van der Waals surface area contributed by atoms with E-state index in [0.29, 0.717) is 19.5 Å². The van der Waals surface area contributed by atoms with E-state index in [1.54, 1.807) is 10.8 Å². The predicted octanol–water partition coefficient (Wildman–Crippen LogP) is 1.60. The third-order valence-electron chi connectivity index (χ3n) is 4.16. The van der Waals surface area contributed by atoms with Crippen LogP contribution in [0.2, 0.25) is 0 Å². The molecule has 1 fully saturated rings. The van der Waals surface area contributed by atoms with E-state index in [9.17, 15) is 9.59 Å². The minimum absolute atomic E-state index is 0. The summed E-state index contributed by atoms with van der Waals surface area (Å²) in [4.78, 5) is 30.5. The first-order chi connectivity index (χ1) is 11.2. The number of thiazole rings is 1. The van der Waals surface area contributed by atoms with Gasteiger partial charge in [-0.2, -0.15) is 0 Å². The fraction of sp³-hybridized carbons (Fsp3) is 0.438. The highest BCUT2D eigenvalue weighted by molar-refractivity contribution is 7.07. The fourth-order valence-electron chi connectivity index (χ4n) is 2.90. The van der Waals surface area contributed by atoms with Gasteiger partial charge in [0.1, 0.15) is 0 Å². The van der Waals surface area contributed by atoms with E-state index in [1.165, 1.54) is 11.3 Å². The fourth-order valence-corrected chi connectivity index (χ4v) is 3.66. The predicted molar refractivity (Wildman–Crippen MR) is 96.7 cm³/mol. The molecule has 1 atom stereocenters. The summed E-state index contributed by atoms with van der Waals surface area (Å²) in [7, 11) is 0. The van der Waals surface area contributed by atoms with E-state index < -0.39 is 0 Å². The standard InChI is InChI=1S/C16H20N4O2S.ClH/c1-12-11-23-16(22)19(12)7-4-15(21)20-8-6-18-10-14(20)13-3-2-5-17-9-13;/h2-3,5,9,11,14,18H,4,6-8,10H2,1H3;1H. The highest BCUT2D eigenvalue weighted by Gasteiger charge is 2.27. The quantitative estimate of drug-likeness (QED) is 0.890. The van der Waals surface area contributed by atoms with Gasteiger partial charge in [0.2, 0.25) is 5.91 Å². The summed E-state index contributed by atoms with van der Waals surface area (Å²) >= 11 is 1.18. The average Bonchev–Trinajstić information content (AvgIpc) is 2.92. The number of pyridine rings is 1. The lowest BCUT2D eigenvalue weighted by molar-refractivity contribution is -0.134. The molecule has 0 aromatic carbocycles. The normalized spacial score (nSPS) is 17.4. The molecular formula is C16H21ClN4O2S. The third kappa shape index (κ3) is 4.03. The van der Waals surface area contributed by atoms with Gasteiger partial charge in [0.05, 0.1) is 6.04 Å². The topological polar surface area (TPSA) is 67.2 Å². The van der Waals surface area contributed by atoms with Crippen molar-refractivity contribution in [2.45, 2.75) is 25.9 Å². The summed E-state index contributed by atoms with van der Waals surface area (Å²) in [6.45, 7) is 4.53. The van der Waals surface area contributed by atoms with E-state index in [4.69, 9.17) is 0 Å². The van der Waals surface area contributed by atoms with Gasteiger partial charge in [-0.1, -0.05) is 17.4 Å². The second-order valence-corrected chi connectivity index (χ2v) is 6.46. The minimum atomic E-state index is -0.000537. The Balaban J connectivity index is 0.00000208. The van der Waals surface area contributed by atoms with Crippen molar-refractivity contribution in [3.8, 4) is 0 Å². The van der Waals surface area contributed by atoms with E-state index in [-0.39, 0.29) is 29.2 Å². The number of aromatic nitrogens is 2. The van der Waals surface area contributed by atoms with Crippen LogP contribution in [0.1, 0.15) is 23.7 Å². The van der Waals surface area contributed by atoms with Gasteiger partial charge in [0.15, 0.2) is 0 Å². The van der Waals surface area contributed by atoms with Crippen LogP contribution in [0, 0.1) is 6.92 Å². The molecular weight excluding hydrogens is 348 g/mol. The van der Waals surface area contributed by atoms with Crippen molar-refractivity contribution in [1.29, 1.82) is 0 Å². The average molecular weight is 369 g/mol. The number of halogens is 1. The molecule has 24 heavy (non-hydrogen) atoms. The Bertz CT molecular complexity index is 731. The van der Waals surface area contributed by atoms with Crippen molar-refractivity contribution in [3.63, 3.8) is 0 Å². The Kier molecular flexibility index (Phi) is 6.53. The lowest BCUT2D eigenvalue weighted by Gasteiger charge is -2.36. The molecule has 3 rings (SSSR count). The number of carbonyl (C=O) groups excluding carboxylic acids is 1. The maximum absolute atomic E-state index is 12.7. The number of hydrogen-bond acceptors (Lipinski definition) is 5. The van der Waals surface area contributed by atoms with Gasteiger partial charge < -0.3 is 14.8 Å². The highest BCUT2D eigenvalue weighted by Crippen LogP contribution is 2.22. The van der Waals surface area contributed by atoms with Crippen LogP contribution < -0.4 is 10.2 Å². The van der Waals surface area contributed by atoms with Gasteiger partial charge in [0.25, 0.3) is 0 Å². The molecule has 2 aromatic heterocycles. The lowest BCUT2D eigenvalue weighted by Crippen LogP contribution is -2.49. The third-order valence-corrected chi connectivity index (χ3v) is 5.04. The second kappa shape index (κ2) is 8.41. The van der Waals surface area contributed by atoms with E-state index in [1.807, 2.05) is 35.5 Å². The van der Waals surface area contributed by atoms with E-state index >= 15 is 0 Å². The Morgan fingerprint density at radius 2 is 2.33 bits per heavy atom. The molecule has 0 saturated carbocycles. The zero-order valence-corrected chi connectivity index (χ0v) is 15.1. The Hall–Kier alpha value is -1.70. The van der Waals surface area contributed by atoms with Crippen molar-refractivity contribution < 1.29 is 4.79 Å². The zero-order valence-electron chi connectivity index (χ0n) is 13.5. The Morgan fingerprint density at radius 1 is 1.50 bits per heavy atom. The van der Waals surface area contributed by atoms with E-state index in [2.05, 4.69) is 10.3 Å². The first-order valence-corrected chi connectivity index (χ1v) is 8.60. The Labute approximate surface area is 150 Å². The zero-order chi connectivity index (χ0) is 16.2. The van der Waals surface area contributed by atoms with Crippen molar-refractivity contribution in [3.05, 3.63) is 50.8 Å². The molecule has 0 bridgehead atoms. The van der Waals surface area contributed by atoms with Gasteiger partial charge >= 0.3 is 4.87 Å². The first-order valence-electron chi connectivity index (χ1n) is 7.72. The molecule has 130 valence electrons. The van der Waals surface area contributed by atoms with Crippen LogP contribution >= 0.6 is 23.7 Å². The van der Waals surface area contributed by atoms with Gasteiger partial charge in [-0.15, -0.1) is 12.4 Å². The monoisotopic (exact) mass is 368 g/mol. The number of nitrogens with zero attached hydrogens (tertiary/aromatic N) is 3. The molecule has 1 N–H and O–H groups in total. The maximum atomic E-state index is 12.7. The van der Waals surface area contributed by atoms with Crippen LogP contribution in [-0.4, -0.2) is 40.0 Å². The van der Waals surface area contributed by atoms with Crippen molar-refractivity contribution in [1.82, 2.24) is 19.8 Å². The molecule has 0 spiro atoms. The van der Waals surface area contributed by atoms with Crippen molar-refractivity contribution in [2.75, 3.05) is 19.6 Å². The van der Waals surface area contributed by atoms with E-state index in [0.717, 1.165) is 24.3 Å². The van der Waals surface area contributed by atoms with Gasteiger partial charge in [0, 0.05) is 56.1 Å². The SMILES string of the molecule is Cc1csc(=O)n1CCC(=O)N1CCNCC1c1cccnc1.Cl. The summed E-state index contributed by atoms with van der Waals surface area (Å²) in [5.41, 5.74) is 1.95. The summed E-state index contributed by atoms with van der Waals surface area (Å²) in [5.74, 6) is 0.0813. The van der Waals surface area contributed by atoms with Crippen LogP contribution in [0.15, 0.2) is 34.7 Å². The second-order valence-electron chi connectivity index (χ2n) is 5.64. The number of nitrogens with one attached hydrogen (secondary N) is 1. The van der Waals surface area contributed by atoms with Crippen molar-refractivity contribution in [2.24, 2.45) is 0 Å². The Morgan fingerprint density at radius 3 is 3.00 bits per heavy atom. The molecule has 1 aliphatic rings. The number of piperazine rings is 1. The van der Waals surface area contributed by atoms with Gasteiger partial charge in [-0.05, 0) is 18.6 Å². The maximum Gasteiger partial charge on any atom is 0.307 e. The molecule has 1 aliphatic heterocycles. The minimum Gasteiger partial charge on any atom is -0.333 e. The van der Waals surface area contributed by atoms with Crippen LogP contribution in [0.3, 0.4) is 0 Å². The molecule has 6 nitrogen and oxygen atoms in total. The molecule has 0 radical (unpaired) electrons. The van der Waals surface area contributed by atoms with Crippen molar-refractivity contribution >= 4 is 29.7 Å².